The van der Waals surface area contributed by atoms with Crippen LogP contribution in [0.3, 0.4) is 0 Å². The van der Waals surface area contributed by atoms with Gasteiger partial charge in [0.1, 0.15) is 5.75 Å². The van der Waals surface area contributed by atoms with Gasteiger partial charge in [-0.3, -0.25) is 10.4 Å². The summed E-state index contributed by atoms with van der Waals surface area (Å²) < 4.78 is 5.14. The molecule has 0 bridgehead atoms. The Morgan fingerprint density at radius 2 is 2.00 bits per heavy atom. The fraction of sp³-hybridized carbons (Fsp3) is 0.0714. The van der Waals surface area contributed by atoms with Gasteiger partial charge in [0, 0.05) is 5.69 Å². The zero-order valence-corrected chi connectivity index (χ0v) is 10.8. The van der Waals surface area contributed by atoms with E-state index in [9.17, 15) is 4.79 Å². The molecule has 2 N–H and O–H groups in total. The summed E-state index contributed by atoms with van der Waals surface area (Å²) in [6.45, 7) is 1.89. The van der Waals surface area contributed by atoms with Gasteiger partial charge < -0.3 is 4.74 Å². The van der Waals surface area contributed by atoms with Crippen molar-refractivity contribution in [2.24, 2.45) is 0 Å². The lowest BCUT2D eigenvalue weighted by Crippen LogP contribution is -2.17. The summed E-state index contributed by atoms with van der Waals surface area (Å²) in [4.78, 5) is 16.1. The summed E-state index contributed by atoms with van der Waals surface area (Å²) in [6.07, 6.45) is -0.592. The molecular formula is C14H12N4O2. The number of anilines is 1. The highest BCUT2D eigenvalue weighted by atomic mass is 16.6. The van der Waals surface area contributed by atoms with Crippen molar-refractivity contribution in [3.8, 4) is 5.75 Å². The van der Waals surface area contributed by atoms with Gasteiger partial charge in [0.2, 0.25) is 0 Å². The monoisotopic (exact) mass is 268 g/mol. The van der Waals surface area contributed by atoms with Crippen molar-refractivity contribution in [3.63, 3.8) is 0 Å². The maximum Gasteiger partial charge on any atom is 0.418 e. The molecule has 0 aliphatic carbocycles. The van der Waals surface area contributed by atoms with Gasteiger partial charge in [-0.2, -0.15) is 5.10 Å². The standard InChI is InChI=1S/C14H12N4O2/c1-9-7-8-11-12(15-9)17-18-13(11)16-14(19)20-10-5-3-2-4-6-10/h2-8H,1H3,(H2,15,16,17,18,19). The van der Waals surface area contributed by atoms with Gasteiger partial charge in [-0.05, 0) is 31.2 Å². The normalized spacial score (nSPS) is 10.4. The van der Waals surface area contributed by atoms with Crippen LogP contribution >= 0.6 is 0 Å². The number of nitrogens with zero attached hydrogens (tertiary/aromatic N) is 2. The van der Waals surface area contributed by atoms with Crippen molar-refractivity contribution in [2.75, 3.05) is 5.32 Å². The molecule has 3 aromatic rings. The molecule has 6 nitrogen and oxygen atoms in total. The number of nitrogens with one attached hydrogen (secondary N) is 2. The number of amides is 1. The summed E-state index contributed by atoms with van der Waals surface area (Å²) in [5, 5.41) is 10.1. The van der Waals surface area contributed by atoms with E-state index >= 15 is 0 Å². The Kier molecular flexibility index (Phi) is 3.04. The Balaban J connectivity index is 1.78. The van der Waals surface area contributed by atoms with Crippen LogP contribution in [0.2, 0.25) is 0 Å². The number of para-hydroxylation sites is 1. The summed E-state index contributed by atoms with van der Waals surface area (Å²) >= 11 is 0. The number of hydrogen-bond acceptors (Lipinski definition) is 4. The fourth-order valence-electron chi connectivity index (χ4n) is 1.82. The van der Waals surface area contributed by atoms with Crippen molar-refractivity contribution in [2.45, 2.75) is 6.92 Å². The van der Waals surface area contributed by atoms with Gasteiger partial charge in [0.15, 0.2) is 11.5 Å². The molecule has 1 amide bonds. The molecule has 0 fully saturated rings. The number of hydrogen-bond donors (Lipinski definition) is 2. The van der Waals surface area contributed by atoms with E-state index in [1.165, 1.54) is 0 Å². The maximum atomic E-state index is 11.8. The molecule has 1 aromatic carbocycles. The highest BCUT2D eigenvalue weighted by molar-refractivity contribution is 5.96. The molecule has 0 unspecified atom stereocenters. The number of fused-ring (bicyclic) bond motifs is 1. The number of carbonyl (C=O) groups excluding carboxylic acids is 1. The van der Waals surface area contributed by atoms with Gasteiger partial charge in [-0.15, -0.1) is 0 Å². The number of ether oxygens (including phenoxy) is 1. The van der Waals surface area contributed by atoms with Gasteiger partial charge in [-0.1, -0.05) is 18.2 Å². The number of aromatic nitrogens is 3. The summed E-state index contributed by atoms with van der Waals surface area (Å²) in [6, 6.07) is 12.5. The number of pyridine rings is 1. The Labute approximate surface area is 114 Å². The Bertz CT molecular complexity index is 752. The number of H-pyrrole nitrogens is 1. The predicted octanol–water partition coefficient (Wildman–Crippen LogP) is 2.88. The molecule has 6 heteroatoms. The lowest BCUT2D eigenvalue weighted by atomic mass is 10.3. The molecule has 20 heavy (non-hydrogen) atoms. The minimum Gasteiger partial charge on any atom is -0.410 e. The van der Waals surface area contributed by atoms with Crippen molar-refractivity contribution < 1.29 is 9.53 Å². The van der Waals surface area contributed by atoms with Crippen LogP contribution in [0.4, 0.5) is 10.6 Å². The molecule has 0 aliphatic rings. The number of aromatic amines is 1. The summed E-state index contributed by atoms with van der Waals surface area (Å²) in [5.74, 6) is 0.868. The molecule has 0 spiro atoms. The highest BCUT2D eigenvalue weighted by Crippen LogP contribution is 2.19. The van der Waals surface area contributed by atoms with E-state index in [0.717, 1.165) is 11.1 Å². The first-order chi connectivity index (χ1) is 9.72. The third-order valence-electron chi connectivity index (χ3n) is 2.74. The first kappa shape index (κ1) is 12.2. The van der Waals surface area contributed by atoms with Gasteiger partial charge in [0.05, 0.1) is 5.39 Å². The quantitative estimate of drug-likeness (QED) is 0.749. The highest BCUT2D eigenvalue weighted by Gasteiger charge is 2.11. The van der Waals surface area contributed by atoms with E-state index in [0.29, 0.717) is 17.2 Å². The minimum atomic E-state index is -0.592. The number of rotatable bonds is 2. The molecule has 0 atom stereocenters. The molecule has 2 aromatic heterocycles. The maximum absolute atomic E-state index is 11.8. The first-order valence-corrected chi connectivity index (χ1v) is 6.08. The molecule has 0 saturated carbocycles. The van der Waals surface area contributed by atoms with Crippen LogP contribution in [0.25, 0.3) is 11.0 Å². The van der Waals surface area contributed by atoms with Crippen LogP contribution in [-0.4, -0.2) is 21.3 Å². The molecule has 0 radical (unpaired) electrons. The third kappa shape index (κ3) is 2.44. The Morgan fingerprint density at radius 1 is 1.20 bits per heavy atom. The average Bonchev–Trinajstić information content (AvgIpc) is 2.82. The lowest BCUT2D eigenvalue weighted by molar-refractivity contribution is 0.215. The smallest absolute Gasteiger partial charge is 0.410 e. The van der Waals surface area contributed by atoms with Gasteiger partial charge in [0.25, 0.3) is 0 Å². The van der Waals surface area contributed by atoms with Crippen LogP contribution in [0, 0.1) is 6.92 Å². The second kappa shape index (κ2) is 5.00. The molecule has 100 valence electrons. The number of benzene rings is 1. The molecule has 2 heterocycles. The fourth-order valence-corrected chi connectivity index (χ4v) is 1.82. The van der Waals surface area contributed by atoms with E-state index in [1.54, 1.807) is 24.3 Å². The summed E-state index contributed by atoms with van der Waals surface area (Å²) in [5.41, 5.74) is 1.50. The van der Waals surface area contributed by atoms with E-state index in [2.05, 4.69) is 20.5 Å². The minimum absolute atomic E-state index is 0.397. The molecule has 3 rings (SSSR count). The number of aryl methyl sites for hydroxylation is 1. The zero-order valence-electron chi connectivity index (χ0n) is 10.8. The van der Waals surface area contributed by atoms with Crippen molar-refractivity contribution in [1.29, 1.82) is 0 Å². The Morgan fingerprint density at radius 3 is 2.80 bits per heavy atom. The van der Waals surface area contributed by atoms with Crippen LogP contribution in [-0.2, 0) is 0 Å². The first-order valence-electron chi connectivity index (χ1n) is 6.08. The average molecular weight is 268 g/mol. The van der Waals surface area contributed by atoms with Crippen LogP contribution in [0.5, 0.6) is 5.75 Å². The van der Waals surface area contributed by atoms with E-state index in [1.807, 2.05) is 25.1 Å². The van der Waals surface area contributed by atoms with Crippen molar-refractivity contribution in [1.82, 2.24) is 15.2 Å². The van der Waals surface area contributed by atoms with Crippen molar-refractivity contribution in [3.05, 3.63) is 48.2 Å². The van der Waals surface area contributed by atoms with E-state index in [4.69, 9.17) is 4.74 Å². The molecule has 0 aliphatic heterocycles. The van der Waals surface area contributed by atoms with Crippen molar-refractivity contribution >= 4 is 22.9 Å². The summed E-state index contributed by atoms with van der Waals surface area (Å²) in [7, 11) is 0. The SMILES string of the molecule is Cc1ccc2c(NC(=O)Oc3ccccc3)n[nH]c2n1. The van der Waals surface area contributed by atoms with Crippen LogP contribution in [0.1, 0.15) is 5.69 Å². The second-order valence-corrected chi connectivity index (χ2v) is 4.25. The predicted molar refractivity (Wildman–Crippen MR) is 74.7 cm³/mol. The molecule has 0 saturated heterocycles. The van der Waals surface area contributed by atoms with Gasteiger partial charge >= 0.3 is 6.09 Å². The third-order valence-corrected chi connectivity index (χ3v) is 2.74. The molecular weight excluding hydrogens is 256 g/mol. The Hall–Kier alpha value is -2.89. The lowest BCUT2D eigenvalue weighted by Gasteiger charge is -2.04. The van der Waals surface area contributed by atoms with Gasteiger partial charge in [-0.25, -0.2) is 9.78 Å². The van der Waals surface area contributed by atoms with E-state index in [-0.39, 0.29) is 0 Å². The zero-order chi connectivity index (χ0) is 13.9. The van der Waals surface area contributed by atoms with Crippen LogP contribution in [0.15, 0.2) is 42.5 Å². The largest absolute Gasteiger partial charge is 0.418 e. The second-order valence-electron chi connectivity index (χ2n) is 4.25. The van der Waals surface area contributed by atoms with Crippen LogP contribution < -0.4 is 10.1 Å². The topological polar surface area (TPSA) is 79.9 Å². The number of carbonyl (C=O) groups is 1. The van der Waals surface area contributed by atoms with E-state index < -0.39 is 6.09 Å².